The molecule has 3 unspecified atom stereocenters. The first-order chi connectivity index (χ1) is 7.57. The van der Waals surface area contributed by atoms with E-state index in [-0.39, 0.29) is 12.6 Å². The van der Waals surface area contributed by atoms with E-state index in [2.05, 4.69) is 0 Å². The molecule has 1 heterocycles. The molecule has 1 saturated heterocycles. The molecule has 2 N–H and O–H groups in total. The van der Waals surface area contributed by atoms with Crippen molar-refractivity contribution in [1.82, 2.24) is 4.31 Å². The van der Waals surface area contributed by atoms with Gasteiger partial charge in [-0.1, -0.05) is 12.8 Å². The summed E-state index contributed by atoms with van der Waals surface area (Å²) in [5.74, 6) is 0.605. The lowest BCUT2D eigenvalue weighted by Crippen LogP contribution is -2.45. The normalized spacial score (nSPS) is 33.6. The highest BCUT2D eigenvalue weighted by molar-refractivity contribution is 7.89. The standard InChI is InChI=1S/C11H22N2O2S/c1-9(8-12)16(14,15)13-7-6-10-4-2-3-5-11(10)13/h9-11H,2-8,12H2,1H3. The summed E-state index contributed by atoms with van der Waals surface area (Å²) in [5, 5.41) is -0.437. The number of nitrogens with zero attached hydrogens (tertiary/aromatic N) is 1. The fraction of sp³-hybridized carbons (Fsp3) is 1.00. The minimum Gasteiger partial charge on any atom is -0.329 e. The maximum atomic E-state index is 12.3. The molecule has 0 aromatic carbocycles. The molecule has 0 bridgehead atoms. The smallest absolute Gasteiger partial charge is 0.218 e. The monoisotopic (exact) mass is 246 g/mol. The summed E-state index contributed by atoms with van der Waals surface area (Å²) in [6.07, 6.45) is 5.72. The van der Waals surface area contributed by atoms with Crippen molar-refractivity contribution in [2.75, 3.05) is 13.1 Å². The highest BCUT2D eigenvalue weighted by atomic mass is 32.2. The molecular formula is C11H22N2O2S. The van der Waals surface area contributed by atoms with Gasteiger partial charge in [-0.2, -0.15) is 4.31 Å². The number of rotatable bonds is 3. The minimum atomic E-state index is -3.15. The van der Waals surface area contributed by atoms with Crippen LogP contribution in [0.2, 0.25) is 0 Å². The number of fused-ring (bicyclic) bond motifs is 1. The van der Waals surface area contributed by atoms with Gasteiger partial charge in [-0.25, -0.2) is 8.42 Å². The molecule has 0 radical (unpaired) electrons. The summed E-state index contributed by atoms with van der Waals surface area (Å²) in [6, 6.07) is 0.271. The van der Waals surface area contributed by atoms with E-state index in [0.29, 0.717) is 12.5 Å². The Bertz CT molecular complexity index is 342. The Hall–Kier alpha value is -0.130. The summed E-state index contributed by atoms with van der Waals surface area (Å²) in [7, 11) is -3.15. The molecule has 1 aliphatic carbocycles. The van der Waals surface area contributed by atoms with E-state index in [0.717, 1.165) is 12.8 Å². The Labute approximate surface area is 98.2 Å². The second-order valence-electron chi connectivity index (χ2n) is 5.10. The first kappa shape index (κ1) is 12.3. The maximum Gasteiger partial charge on any atom is 0.218 e. The van der Waals surface area contributed by atoms with E-state index >= 15 is 0 Å². The molecule has 0 amide bonds. The summed E-state index contributed by atoms with van der Waals surface area (Å²) >= 11 is 0. The van der Waals surface area contributed by atoms with Crippen LogP contribution in [0.15, 0.2) is 0 Å². The van der Waals surface area contributed by atoms with Gasteiger partial charge in [-0.3, -0.25) is 0 Å². The van der Waals surface area contributed by atoms with Crippen LogP contribution in [0.5, 0.6) is 0 Å². The Kier molecular flexibility index (Phi) is 3.56. The Morgan fingerprint density at radius 2 is 2.00 bits per heavy atom. The molecule has 2 fully saturated rings. The highest BCUT2D eigenvalue weighted by Crippen LogP contribution is 2.38. The molecule has 16 heavy (non-hydrogen) atoms. The van der Waals surface area contributed by atoms with Gasteiger partial charge in [0.1, 0.15) is 0 Å². The predicted octanol–water partition coefficient (Wildman–Crippen LogP) is 0.928. The minimum absolute atomic E-state index is 0.218. The molecular weight excluding hydrogens is 224 g/mol. The van der Waals surface area contributed by atoms with Gasteiger partial charge in [-0.15, -0.1) is 0 Å². The first-order valence-corrected chi connectivity index (χ1v) is 7.78. The second-order valence-corrected chi connectivity index (χ2v) is 7.41. The van der Waals surface area contributed by atoms with Crippen molar-refractivity contribution >= 4 is 10.0 Å². The van der Waals surface area contributed by atoms with E-state index in [4.69, 9.17) is 5.73 Å². The number of sulfonamides is 1. The van der Waals surface area contributed by atoms with Crippen LogP contribution in [0.25, 0.3) is 0 Å². The average Bonchev–Trinajstić information content (AvgIpc) is 2.72. The van der Waals surface area contributed by atoms with Crippen molar-refractivity contribution in [3.8, 4) is 0 Å². The fourth-order valence-electron chi connectivity index (χ4n) is 3.03. The largest absolute Gasteiger partial charge is 0.329 e. The van der Waals surface area contributed by atoms with Gasteiger partial charge in [-0.05, 0) is 32.1 Å². The van der Waals surface area contributed by atoms with Gasteiger partial charge in [0.25, 0.3) is 0 Å². The van der Waals surface area contributed by atoms with Gasteiger partial charge in [0.15, 0.2) is 0 Å². The van der Waals surface area contributed by atoms with Crippen LogP contribution in [-0.2, 0) is 10.0 Å². The van der Waals surface area contributed by atoms with Crippen molar-refractivity contribution in [2.24, 2.45) is 11.7 Å². The average molecular weight is 246 g/mol. The van der Waals surface area contributed by atoms with Gasteiger partial charge >= 0.3 is 0 Å². The zero-order valence-electron chi connectivity index (χ0n) is 9.93. The van der Waals surface area contributed by atoms with Crippen molar-refractivity contribution in [1.29, 1.82) is 0 Å². The zero-order chi connectivity index (χ0) is 11.8. The van der Waals surface area contributed by atoms with Crippen molar-refractivity contribution in [3.05, 3.63) is 0 Å². The van der Waals surface area contributed by atoms with Crippen LogP contribution >= 0.6 is 0 Å². The summed E-state index contributed by atoms with van der Waals surface area (Å²) in [4.78, 5) is 0. The third-order valence-electron chi connectivity index (χ3n) is 4.13. The van der Waals surface area contributed by atoms with Crippen molar-refractivity contribution < 1.29 is 8.42 Å². The third kappa shape index (κ3) is 2.00. The molecule has 0 spiro atoms. The van der Waals surface area contributed by atoms with Crippen molar-refractivity contribution in [3.63, 3.8) is 0 Å². The van der Waals surface area contributed by atoms with E-state index in [1.165, 1.54) is 19.3 Å². The van der Waals surface area contributed by atoms with Gasteiger partial charge < -0.3 is 5.73 Å². The topological polar surface area (TPSA) is 63.4 Å². The fourth-order valence-corrected chi connectivity index (χ4v) is 4.75. The van der Waals surface area contributed by atoms with Gasteiger partial charge in [0.2, 0.25) is 10.0 Å². The number of hydrogen-bond acceptors (Lipinski definition) is 3. The van der Waals surface area contributed by atoms with Crippen LogP contribution in [0.1, 0.15) is 39.0 Å². The van der Waals surface area contributed by atoms with Crippen LogP contribution < -0.4 is 5.73 Å². The molecule has 0 aromatic rings. The maximum absolute atomic E-state index is 12.3. The molecule has 5 heteroatoms. The lowest BCUT2D eigenvalue weighted by molar-refractivity contribution is 0.259. The van der Waals surface area contributed by atoms with E-state index in [9.17, 15) is 8.42 Å². The van der Waals surface area contributed by atoms with Gasteiger partial charge in [0, 0.05) is 19.1 Å². The molecule has 94 valence electrons. The zero-order valence-corrected chi connectivity index (χ0v) is 10.7. The molecule has 3 atom stereocenters. The Morgan fingerprint density at radius 3 is 2.69 bits per heavy atom. The molecule has 1 aliphatic heterocycles. The second kappa shape index (κ2) is 4.63. The molecule has 4 nitrogen and oxygen atoms in total. The van der Waals surface area contributed by atoms with Gasteiger partial charge in [0.05, 0.1) is 5.25 Å². The van der Waals surface area contributed by atoms with E-state index in [1.807, 2.05) is 0 Å². The SMILES string of the molecule is CC(CN)S(=O)(=O)N1CCC2CCCCC21. The lowest BCUT2D eigenvalue weighted by atomic mass is 9.86. The third-order valence-corrected chi connectivity index (χ3v) is 6.44. The molecule has 1 saturated carbocycles. The van der Waals surface area contributed by atoms with Crippen LogP contribution in [0.4, 0.5) is 0 Å². The quantitative estimate of drug-likeness (QED) is 0.805. The highest BCUT2D eigenvalue weighted by Gasteiger charge is 2.43. The Morgan fingerprint density at radius 1 is 1.31 bits per heavy atom. The molecule has 2 aliphatic rings. The number of hydrogen-bond donors (Lipinski definition) is 1. The number of nitrogens with two attached hydrogens (primary N) is 1. The Balaban J connectivity index is 2.16. The van der Waals surface area contributed by atoms with Crippen LogP contribution in [-0.4, -0.2) is 37.1 Å². The summed E-state index contributed by atoms with van der Waals surface area (Å²) < 4.78 is 26.3. The lowest BCUT2D eigenvalue weighted by Gasteiger charge is -2.32. The van der Waals surface area contributed by atoms with Crippen molar-refractivity contribution in [2.45, 2.75) is 50.3 Å². The molecule has 0 aromatic heterocycles. The summed E-state index contributed by atoms with van der Waals surface area (Å²) in [6.45, 7) is 2.64. The predicted molar refractivity (Wildman–Crippen MR) is 64.5 cm³/mol. The van der Waals surface area contributed by atoms with E-state index < -0.39 is 15.3 Å². The molecule has 2 rings (SSSR count). The van der Waals surface area contributed by atoms with E-state index in [1.54, 1.807) is 11.2 Å². The summed E-state index contributed by atoms with van der Waals surface area (Å²) in [5.41, 5.74) is 5.49. The van der Waals surface area contributed by atoms with Crippen LogP contribution in [0.3, 0.4) is 0 Å². The van der Waals surface area contributed by atoms with Crippen LogP contribution in [0, 0.1) is 5.92 Å². The first-order valence-electron chi connectivity index (χ1n) is 6.28.